The number of hydrogen-bond donors (Lipinski definition) is 1. The molecule has 0 bridgehead atoms. The van der Waals surface area contributed by atoms with Crippen LogP contribution < -0.4 is 4.57 Å². The molecule has 1 atom stereocenters. The summed E-state index contributed by atoms with van der Waals surface area (Å²) in [6.45, 7) is 0.261. The van der Waals surface area contributed by atoms with Crippen LogP contribution in [0.4, 0.5) is 4.79 Å². The molecule has 0 fully saturated rings. The molecule has 2 heterocycles. The number of pyridine rings is 1. The number of carbonyl (C=O) groups excluding carboxylic acids is 1. The zero-order valence-corrected chi connectivity index (χ0v) is 7.01. The Morgan fingerprint density at radius 2 is 2.46 bits per heavy atom. The molecule has 0 radical (unpaired) electrons. The first-order valence-electron chi connectivity index (χ1n) is 4.11. The van der Waals surface area contributed by atoms with E-state index in [1.165, 1.54) is 4.57 Å². The van der Waals surface area contributed by atoms with Crippen LogP contribution in [-0.2, 0) is 4.74 Å². The average Bonchev–Trinajstić information content (AvgIpc) is 2.19. The third kappa shape index (κ3) is 1.29. The number of ether oxygens (including phenoxy) is 1. The molecular formula is C9H10NO3+. The van der Waals surface area contributed by atoms with Gasteiger partial charge in [0.1, 0.15) is 12.5 Å². The molecule has 1 aromatic rings. The molecular weight excluding hydrogens is 170 g/mol. The first-order chi connectivity index (χ1) is 6.33. The highest BCUT2D eigenvalue weighted by molar-refractivity contribution is 5.58. The maximum Gasteiger partial charge on any atom is 0.602 e. The molecule has 0 amide bonds. The van der Waals surface area contributed by atoms with E-state index in [-0.39, 0.29) is 25.2 Å². The second-order valence-electron chi connectivity index (χ2n) is 2.95. The van der Waals surface area contributed by atoms with Crippen molar-refractivity contribution in [3.8, 4) is 0 Å². The van der Waals surface area contributed by atoms with E-state index in [0.717, 1.165) is 5.69 Å². The van der Waals surface area contributed by atoms with E-state index in [1.807, 2.05) is 12.1 Å². The molecule has 1 aromatic heterocycles. The van der Waals surface area contributed by atoms with Crippen LogP contribution in [0.2, 0.25) is 0 Å². The quantitative estimate of drug-likeness (QED) is 0.621. The molecule has 1 aliphatic heterocycles. The molecule has 0 spiro atoms. The normalized spacial score (nSPS) is 20.7. The summed E-state index contributed by atoms with van der Waals surface area (Å²) >= 11 is 0. The van der Waals surface area contributed by atoms with Gasteiger partial charge in [0.2, 0.25) is 5.69 Å². The molecule has 4 nitrogen and oxygen atoms in total. The molecule has 4 heteroatoms. The number of cyclic esters (lactones) is 1. The summed E-state index contributed by atoms with van der Waals surface area (Å²) in [6, 6.07) is 5.42. The van der Waals surface area contributed by atoms with Crippen molar-refractivity contribution >= 4 is 6.09 Å². The zero-order chi connectivity index (χ0) is 9.26. The largest absolute Gasteiger partial charge is 0.602 e. The topological polar surface area (TPSA) is 50.4 Å². The Balaban J connectivity index is 2.47. The third-order valence-electron chi connectivity index (χ3n) is 2.13. The minimum absolute atomic E-state index is 0.00269. The summed E-state index contributed by atoms with van der Waals surface area (Å²) < 4.78 is 6.29. The van der Waals surface area contributed by atoms with Crippen molar-refractivity contribution < 1.29 is 19.2 Å². The number of fused-ring (bicyclic) bond motifs is 1. The molecule has 68 valence electrons. The third-order valence-corrected chi connectivity index (χ3v) is 2.13. The summed E-state index contributed by atoms with van der Waals surface area (Å²) in [5, 5.41) is 9.02. The molecule has 0 aromatic carbocycles. The van der Waals surface area contributed by atoms with E-state index in [1.54, 1.807) is 12.3 Å². The van der Waals surface area contributed by atoms with Gasteiger partial charge in [-0.2, -0.15) is 4.79 Å². The van der Waals surface area contributed by atoms with Gasteiger partial charge in [-0.1, -0.05) is 10.6 Å². The first kappa shape index (κ1) is 8.19. The standard InChI is InChI=1S/C9H10NO3/c11-5-7-6-13-9(12)10-4-2-1-3-8(7)10/h1-4,7,11H,5-6H2/q+1. The van der Waals surface area contributed by atoms with Crippen LogP contribution in [-0.4, -0.2) is 24.4 Å². The van der Waals surface area contributed by atoms with E-state index in [0.29, 0.717) is 0 Å². The van der Waals surface area contributed by atoms with Gasteiger partial charge in [-0.05, 0) is 0 Å². The number of carbonyl (C=O) groups is 1. The van der Waals surface area contributed by atoms with E-state index in [2.05, 4.69) is 0 Å². The maximum atomic E-state index is 11.2. The molecule has 0 saturated heterocycles. The van der Waals surface area contributed by atoms with Crippen LogP contribution in [0.3, 0.4) is 0 Å². The summed E-state index contributed by atoms with van der Waals surface area (Å²) in [7, 11) is 0. The van der Waals surface area contributed by atoms with Crippen LogP contribution in [0.5, 0.6) is 0 Å². The van der Waals surface area contributed by atoms with Crippen LogP contribution >= 0.6 is 0 Å². The molecule has 0 aliphatic carbocycles. The highest BCUT2D eigenvalue weighted by Gasteiger charge is 2.33. The van der Waals surface area contributed by atoms with Gasteiger partial charge in [-0.15, -0.1) is 0 Å². The molecule has 13 heavy (non-hydrogen) atoms. The van der Waals surface area contributed by atoms with Crippen LogP contribution in [0.15, 0.2) is 24.4 Å². The minimum atomic E-state index is -0.375. The van der Waals surface area contributed by atoms with Crippen LogP contribution in [0.25, 0.3) is 0 Å². The molecule has 2 rings (SSSR count). The number of aromatic nitrogens is 1. The van der Waals surface area contributed by atoms with E-state index in [9.17, 15) is 4.79 Å². The SMILES string of the molecule is O=C1OCC(CO)c2cccc[n+]21. The number of aliphatic hydroxyl groups excluding tert-OH is 1. The van der Waals surface area contributed by atoms with Gasteiger partial charge in [-0.25, -0.2) is 0 Å². The lowest BCUT2D eigenvalue weighted by Gasteiger charge is -2.15. The van der Waals surface area contributed by atoms with Crippen LogP contribution in [0.1, 0.15) is 11.6 Å². The van der Waals surface area contributed by atoms with Crippen molar-refractivity contribution in [3.05, 3.63) is 30.1 Å². The Morgan fingerprint density at radius 1 is 1.62 bits per heavy atom. The maximum absolute atomic E-state index is 11.2. The Morgan fingerprint density at radius 3 is 3.23 bits per heavy atom. The van der Waals surface area contributed by atoms with Crippen molar-refractivity contribution in [3.63, 3.8) is 0 Å². The highest BCUT2D eigenvalue weighted by Crippen LogP contribution is 2.14. The van der Waals surface area contributed by atoms with Crippen molar-refractivity contribution in [2.24, 2.45) is 0 Å². The minimum Gasteiger partial charge on any atom is -0.410 e. The molecule has 1 N–H and O–H groups in total. The highest BCUT2D eigenvalue weighted by atomic mass is 16.6. The molecule has 0 saturated carbocycles. The van der Waals surface area contributed by atoms with Gasteiger partial charge in [-0.3, -0.25) is 0 Å². The number of nitrogens with zero attached hydrogens (tertiary/aromatic N) is 1. The Labute approximate surface area is 75.4 Å². The lowest BCUT2D eigenvalue weighted by atomic mass is 10.1. The van der Waals surface area contributed by atoms with Crippen molar-refractivity contribution in [2.45, 2.75) is 5.92 Å². The number of hydrogen-bond acceptors (Lipinski definition) is 3. The molecule has 1 aliphatic rings. The van der Waals surface area contributed by atoms with E-state index in [4.69, 9.17) is 9.84 Å². The lowest BCUT2D eigenvalue weighted by Crippen LogP contribution is -2.52. The average molecular weight is 180 g/mol. The fourth-order valence-electron chi connectivity index (χ4n) is 1.43. The van der Waals surface area contributed by atoms with Gasteiger partial charge < -0.3 is 9.84 Å². The Kier molecular flexibility index (Phi) is 1.98. The van der Waals surface area contributed by atoms with E-state index < -0.39 is 0 Å². The van der Waals surface area contributed by atoms with Crippen molar-refractivity contribution in [1.82, 2.24) is 0 Å². The monoisotopic (exact) mass is 180 g/mol. The summed E-state index contributed by atoms with van der Waals surface area (Å²) in [4.78, 5) is 11.2. The van der Waals surface area contributed by atoms with Gasteiger partial charge in [0.05, 0.1) is 6.61 Å². The van der Waals surface area contributed by atoms with Gasteiger partial charge >= 0.3 is 6.09 Å². The number of rotatable bonds is 1. The fraction of sp³-hybridized carbons (Fsp3) is 0.333. The van der Waals surface area contributed by atoms with E-state index >= 15 is 0 Å². The Hall–Kier alpha value is -1.42. The second-order valence-corrected chi connectivity index (χ2v) is 2.95. The van der Waals surface area contributed by atoms with Gasteiger partial charge in [0.25, 0.3) is 0 Å². The van der Waals surface area contributed by atoms with Gasteiger partial charge in [0, 0.05) is 12.1 Å². The Bertz CT molecular complexity index is 337. The smallest absolute Gasteiger partial charge is 0.410 e. The zero-order valence-electron chi connectivity index (χ0n) is 7.01. The lowest BCUT2D eigenvalue weighted by molar-refractivity contribution is -0.604. The second kappa shape index (κ2) is 3.14. The summed E-state index contributed by atoms with van der Waals surface area (Å²) in [5.41, 5.74) is 0.807. The van der Waals surface area contributed by atoms with Gasteiger partial charge in [0.15, 0.2) is 6.20 Å². The summed E-state index contributed by atoms with van der Waals surface area (Å²) in [5.74, 6) is -0.0982. The van der Waals surface area contributed by atoms with Crippen LogP contribution in [0, 0.1) is 0 Å². The summed E-state index contributed by atoms with van der Waals surface area (Å²) in [6.07, 6.45) is 1.26. The number of aliphatic hydroxyl groups is 1. The van der Waals surface area contributed by atoms with Crippen molar-refractivity contribution in [1.29, 1.82) is 0 Å². The molecule has 1 unspecified atom stereocenters. The fourth-order valence-corrected chi connectivity index (χ4v) is 1.43. The predicted octanol–water partition coefficient (Wildman–Crippen LogP) is 0.0483. The van der Waals surface area contributed by atoms with Crippen molar-refractivity contribution in [2.75, 3.05) is 13.2 Å². The predicted molar refractivity (Wildman–Crippen MR) is 43.2 cm³/mol. The first-order valence-corrected chi connectivity index (χ1v) is 4.11.